The summed E-state index contributed by atoms with van der Waals surface area (Å²) in [5.41, 5.74) is 4.21. The molecular formula is C34H32OP+. The van der Waals surface area contributed by atoms with Gasteiger partial charge in [0.2, 0.25) is 0 Å². The second-order valence-electron chi connectivity index (χ2n) is 9.09. The molecule has 0 saturated carbocycles. The van der Waals surface area contributed by atoms with Gasteiger partial charge in [-0.05, 0) is 78.1 Å². The standard InChI is InChI=1S/C34H32OP/c1-35-31-25-22-28(23-26-31)21-24-29-13-11-12-14-30(29)27-36(32-15-5-2-6-16-32,33-17-7-3-8-18-33)34-19-9-4-10-20-34/h2-20,22-23,25-26H,21,24,27H2,1H3/q+1. The second kappa shape index (κ2) is 11.4. The van der Waals surface area contributed by atoms with E-state index in [2.05, 4.69) is 140 Å². The molecular weight excluding hydrogens is 455 g/mol. The Bertz CT molecular complexity index is 1270. The average Bonchev–Trinajstić information content (AvgIpc) is 2.97. The zero-order valence-electron chi connectivity index (χ0n) is 20.8. The van der Waals surface area contributed by atoms with E-state index in [1.165, 1.54) is 32.6 Å². The molecule has 0 aliphatic heterocycles. The molecule has 0 unspecified atom stereocenters. The summed E-state index contributed by atoms with van der Waals surface area (Å²) in [6.45, 7) is 0. The average molecular weight is 488 g/mol. The van der Waals surface area contributed by atoms with Crippen LogP contribution < -0.4 is 20.7 Å². The Morgan fingerprint density at radius 3 is 1.39 bits per heavy atom. The summed E-state index contributed by atoms with van der Waals surface area (Å²) in [7, 11) is -0.210. The van der Waals surface area contributed by atoms with E-state index < -0.39 is 7.26 Å². The normalized spacial score (nSPS) is 11.2. The molecule has 2 heteroatoms. The maximum Gasteiger partial charge on any atom is 0.118 e. The lowest BCUT2D eigenvalue weighted by Crippen LogP contribution is -2.32. The summed E-state index contributed by atoms with van der Waals surface area (Å²) < 4.78 is 5.34. The van der Waals surface area contributed by atoms with Crippen molar-refractivity contribution in [3.63, 3.8) is 0 Å². The molecule has 0 heterocycles. The summed E-state index contributed by atoms with van der Waals surface area (Å²) in [6.07, 6.45) is 3.03. The van der Waals surface area contributed by atoms with Gasteiger partial charge in [0, 0.05) is 0 Å². The minimum Gasteiger partial charge on any atom is -0.497 e. The molecule has 5 aromatic rings. The van der Waals surface area contributed by atoms with Gasteiger partial charge >= 0.3 is 0 Å². The number of methoxy groups -OCH3 is 1. The topological polar surface area (TPSA) is 9.23 Å². The molecule has 0 atom stereocenters. The van der Waals surface area contributed by atoms with Gasteiger partial charge in [0.05, 0.1) is 13.3 Å². The van der Waals surface area contributed by atoms with E-state index in [0.717, 1.165) is 24.8 Å². The largest absolute Gasteiger partial charge is 0.497 e. The molecule has 0 N–H and O–H groups in total. The Morgan fingerprint density at radius 1 is 0.472 bits per heavy atom. The highest BCUT2D eigenvalue weighted by molar-refractivity contribution is 7.95. The predicted molar refractivity (Wildman–Crippen MR) is 156 cm³/mol. The van der Waals surface area contributed by atoms with E-state index in [0.29, 0.717) is 0 Å². The van der Waals surface area contributed by atoms with Crippen molar-refractivity contribution in [2.75, 3.05) is 7.11 Å². The first-order valence-electron chi connectivity index (χ1n) is 12.5. The van der Waals surface area contributed by atoms with Gasteiger partial charge in [-0.2, -0.15) is 0 Å². The number of hydrogen-bond acceptors (Lipinski definition) is 1. The first kappa shape index (κ1) is 24.0. The van der Waals surface area contributed by atoms with Crippen LogP contribution in [0.5, 0.6) is 5.75 Å². The number of aryl methyl sites for hydroxylation is 2. The molecule has 0 bridgehead atoms. The second-order valence-corrected chi connectivity index (χ2v) is 12.6. The highest BCUT2D eigenvalue weighted by atomic mass is 31.2. The fourth-order valence-corrected chi connectivity index (χ4v) is 9.36. The Kier molecular flexibility index (Phi) is 7.60. The molecule has 0 radical (unpaired) electrons. The Labute approximate surface area is 215 Å². The monoisotopic (exact) mass is 487 g/mol. The molecule has 0 aliphatic carbocycles. The van der Waals surface area contributed by atoms with Crippen LogP contribution >= 0.6 is 7.26 Å². The van der Waals surface area contributed by atoms with E-state index in [1.54, 1.807) is 7.11 Å². The lowest BCUT2D eigenvalue weighted by molar-refractivity contribution is 0.414. The molecule has 0 saturated heterocycles. The van der Waals surface area contributed by atoms with Crippen molar-refractivity contribution in [1.29, 1.82) is 0 Å². The quantitative estimate of drug-likeness (QED) is 0.204. The first-order chi connectivity index (χ1) is 17.8. The molecule has 0 aromatic heterocycles. The summed E-state index contributed by atoms with van der Waals surface area (Å²) in [5, 5.41) is 4.27. The zero-order chi connectivity index (χ0) is 24.6. The lowest BCUT2D eigenvalue weighted by atomic mass is 10.0. The summed E-state index contributed by atoms with van der Waals surface area (Å²) >= 11 is 0. The van der Waals surface area contributed by atoms with Gasteiger partial charge in [-0.1, -0.05) is 91.0 Å². The minimum atomic E-state index is -1.92. The Morgan fingerprint density at radius 2 is 0.917 bits per heavy atom. The molecule has 0 spiro atoms. The molecule has 0 fully saturated rings. The Hall–Kier alpha value is -3.67. The van der Waals surface area contributed by atoms with E-state index in [4.69, 9.17) is 4.74 Å². The van der Waals surface area contributed by atoms with E-state index in [-0.39, 0.29) is 0 Å². The fourth-order valence-electron chi connectivity index (χ4n) is 5.05. The van der Waals surface area contributed by atoms with Gasteiger partial charge in [0.1, 0.15) is 28.9 Å². The number of hydrogen-bond donors (Lipinski definition) is 0. The molecule has 5 rings (SSSR count). The highest BCUT2D eigenvalue weighted by Crippen LogP contribution is 2.58. The predicted octanol–water partition coefficient (Wildman–Crippen LogP) is 6.97. The van der Waals surface area contributed by atoms with Crippen molar-refractivity contribution in [2.24, 2.45) is 0 Å². The van der Waals surface area contributed by atoms with Crippen LogP contribution in [0, 0.1) is 0 Å². The van der Waals surface area contributed by atoms with Crippen LogP contribution in [0.15, 0.2) is 140 Å². The smallest absolute Gasteiger partial charge is 0.118 e. The third-order valence-electron chi connectivity index (χ3n) is 6.96. The summed E-state index contributed by atoms with van der Waals surface area (Å²) in [5.74, 6) is 0.905. The van der Waals surface area contributed by atoms with Crippen LogP contribution in [0.2, 0.25) is 0 Å². The van der Waals surface area contributed by atoms with E-state index in [9.17, 15) is 0 Å². The molecule has 1 nitrogen and oxygen atoms in total. The lowest BCUT2D eigenvalue weighted by Gasteiger charge is -2.28. The first-order valence-corrected chi connectivity index (χ1v) is 14.5. The van der Waals surface area contributed by atoms with Gasteiger partial charge < -0.3 is 4.74 Å². The molecule has 178 valence electrons. The molecule has 5 aromatic carbocycles. The van der Waals surface area contributed by atoms with Gasteiger partial charge in [0.15, 0.2) is 0 Å². The maximum absolute atomic E-state index is 5.34. The number of ether oxygens (including phenoxy) is 1. The SMILES string of the molecule is COc1ccc(CCc2ccccc2C[P+](c2ccccc2)(c2ccccc2)c2ccccc2)cc1. The van der Waals surface area contributed by atoms with Crippen molar-refractivity contribution in [2.45, 2.75) is 19.0 Å². The van der Waals surface area contributed by atoms with E-state index >= 15 is 0 Å². The van der Waals surface area contributed by atoms with Gasteiger partial charge in [-0.25, -0.2) is 0 Å². The third kappa shape index (κ3) is 5.13. The highest BCUT2D eigenvalue weighted by Gasteiger charge is 2.45. The summed E-state index contributed by atoms with van der Waals surface area (Å²) in [6, 6.07) is 50.9. The van der Waals surface area contributed by atoms with Crippen LogP contribution in [0.1, 0.15) is 16.7 Å². The molecule has 0 aliphatic rings. The van der Waals surface area contributed by atoms with Crippen LogP contribution in [0.4, 0.5) is 0 Å². The van der Waals surface area contributed by atoms with Gasteiger partial charge in [-0.15, -0.1) is 0 Å². The summed E-state index contributed by atoms with van der Waals surface area (Å²) in [4.78, 5) is 0. The van der Waals surface area contributed by atoms with Crippen LogP contribution in [0.25, 0.3) is 0 Å². The fraction of sp³-hybridized carbons (Fsp3) is 0.118. The van der Waals surface area contributed by atoms with Crippen molar-refractivity contribution >= 4 is 23.2 Å². The molecule has 0 amide bonds. The van der Waals surface area contributed by atoms with Crippen LogP contribution in [0.3, 0.4) is 0 Å². The minimum absolute atomic E-state index is 0.905. The Balaban J connectivity index is 1.58. The molecule has 36 heavy (non-hydrogen) atoms. The van der Waals surface area contributed by atoms with E-state index in [1.807, 2.05) is 0 Å². The van der Waals surface area contributed by atoms with Gasteiger partial charge in [0.25, 0.3) is 0 Å². The van der Waals surface area contributed by atoms with Crippen molar-refractivity contribution in [3.8, 4) is 5.75 Å². The van der Waals surface area contributed by atoms with Crippen LogP contribution in [-0.2, 0) is 19.0 Å². The number of rotatable bonds is 9. The maximum atomic E-state index is 5.34. The number of benzene rings is 5. The van der Waals surface area contributed by atoms with Gasteiger partial charge in [-0.3, -0.25) is 0 Å². The zero-order valence-corrected chi connectivity index (χ0v) is 21.7. The van der Waals surface area contributed by atoms with Crippen molar-refractivity contribution in [1.82, 2.24) is 0 Å². The van der Waals surface area contributed by atoms with Crippen molar-refractivity contribution in [3.05, 3.63) is 156 Å². The van der Waals surface area contributed by atoms with Crippen molar-refractivity contribution < 1.29 is 4.74 Å². The van der Waals surface area contributed by atoms with Crippen LogP contribution in [-0.4, -0.2) is 7.11 Å². The third-order valence-corrected chi connectivity index (χ3v) is 11.3.